The van der Waals surface area contributed by atoms with Gasteiger partial charge in [0, 0.05) is 54.3 Å². The van der Waals surface area contributed by atoms with Gasteiger partial charge in [-0.15, -0.1) is 11.3 Å². The molecule has 7 aromatic carbocycles. The number of hydrogen-bond acceptors (Lipinski definition) is 3. The van der Waals surface area contributed by atoms with Crippen LogP contribution in [0.5, 0.6) is 0 Å². The number of anilines is 6. The van der Waals surface area contributed by atoms with Crippen LogP contribution in [-0.2, 0) is 0 Å². The monoisotopic (exact) mass is 678 g/mol. The summed E-state index contributed by atoms with van der Waals surface area (Å²) in [5.41, 5.74) is 17.0. The van der Waals surface area contributed by atoms with E-state index in [1.807, 2.05) is 11.3 Å². The van der Waals surface area contributed by atoms with Gasteiger partial charge in [-0.05, 0) is 136 Å². The van der Waals surface area contributed by atoms with Crippen molar-refractivity contribution >= 4 is 65.6 Å². The molecule has 0 radical (unpaired) electrons. The lowest BCUT2D eigenvalue weighted by atomic mass is 10.0. The lowest BCUT2D eigenvalue weighted by molar-refractivity contribution is 1.21. The van der Waals surface area contributed by atoms with Crippen LogP contribution in [0.3, 0.4) is 0 Å². The number of rotatable bonds is 7. The van der Waals surface area contributed by atoms with Gasteiger partial charge in [-0.2, -0.15) is 0 Å². The Morgan fingerprint density at radius 2 is 0.784 bits per heavy atom. The fourth-order valence-electron chi connectivity index (χ4n) is 7.46. The molecular formula is C48H42N2S. The molecule has 0 bridgehead atoms. The number of aryl methyl sites for hydroxylation is 6. The molecule has 2 nitrogen and oxygen atoms in total. The van der Waals surface area contributed by atoms with E-state index in [0.29, 0.717) is 0 Å². The number of nitrogens with zero attached hydrogens (tertiary/aromatic N) is 2. The summed E-state index contributed by atoms with van der Waals surface area (Å²) in [4.78, 5) is 4.80. The second kappa shape index (κ2) is 13.2. The smallest absolute Gasteiger partial charge is 0.0491 e. The molecule has 250 valence electrons. The van der Waals surface area contributed by atoms with E-state index in [1.54, 1.807) is 0 Å². The average molecular weight is 679 g/mol. The molecule has 8 aromatic rings. The number of hydrogen-bond donors (Lipinski definition) is 0. The van der Waals surface area contributed by atoms with Crippen molar-refractivity contribution in [1.29, 1.82) is 0 Å². The van der Waals surface area contributed by atoms with Crippen LogP contribution in [0.2, 0.25) is 0 Å². The van der Waals surface area contributed by atoms with Gasteiger partial charge in [0.15, 0.2) is 0 Å². The molecule has 0 saturated carbocycles. The van der Waals surface area contributed by atoms with Gasteiger partial charge in [0.05, 0.1) is 0 Å². The molecule has 0 amide bonds. The van der Waals surface area contributed by atoms with E-state index >= 15 is 0 Å². The zero-order chi connectivity index (χ0) is 35.2. The molecule has 1 heterocycles. The van der Waals surface area contributed by atoms with Crippen LogP contribution >= 0.6 is 11.3 Å². The molecule has 8 rings (SSSR count). The maximum atomic E-state index is 2.40. The predicted octanol–water partition coefficient (Wildman–Crippen LogP) is 14.5. The van der Waals surface area contributed by atoms with E-state index in [0.717, 1.165) is 17.1 Å². The molecule has 0 unspecified atom stereocenters. The van der Waals surface area contributed by atoms with Crippen molar-refractivity contribution in [2.75, 3.05) is 9.80 Å². The van der Waals surface area contributed by atoms with Crippen LogP contribution in [-0.4, -0.2) is 0 Å². The number of benzene rings is 7. The average Bonchev–Trinajstić information content (AvgIpc) is 3.50. The number of fused-ring (bicyclic) bond motifs is 3. The topological polar surface area (TPSA) is 6.48 Å². The Labute approximate surface area is 305 Å². The maximum absolute atomic E-state index is 2.40. The molecule has 0 N–H and O–H groups in total. The van der Waals surface area contributed by atoms with Crippen molar-refractivity contribution in [1.82, 2.24) is 0 Å². The molecule has 0 aliphatic rings. The molecule has 0 fully saturated rings. The van der Waals surface area contributed by atoms with E-state index in [4.69, 9.17) is 0 Å². The molecule has 51 heavy (non-hydrogen) atoms. The fraction of sp³-hybridized carbons (Fsp3) is 0.125. The van der Waals surface area contributed by atoms with E-state index in [2.05, 4.69) is 197 Å². The first-order chi connectivity index (χ1) is 24.7. The highest BCUT2D eigenvalue weighted by Gasteiger charge is 2.19. The maximum Gasteiger partial charge on any atom is 0.0491 e. The van der Waals surface area contributed by atoms with Gasteiger partial charge >= 0.3 is 0 Å². The van der Waals surface area contributed by atoms with Crippen molar-refractivity contribution in [3.05, 3.63) is 179 Å². The van der Waals surface area contributed by atoms with Crippen molar-refractivity contribution in [3.8, 4) is 11.1 Å². The fourth-order valence-corrected chi connectivity index (χ4v) is 8.55. The summed E-state index contributed by atoms with van der Waals surface area (Å²) in [7, 11) is 0. The van der Waals surface area contributed by atoms with Crippen LogP contribution in [0.1, 0.15) is 33.4 Å². The minimum absolute atomic E-state index is 1.14. The highest BCUT2D eigenvalue weighted by atomic mass is 32.1. The summed E-state index contributed by atoms with van der Waals surface area (Å²) < 4.78 is 2.64. The number of thiophene rings is 1. The molecular weight excluding hydrogens is 637 g/mol. The Bertz CT molecular complexity index is 2490. The predicted molar refractivity (Wildman–Crippen MR) is 223 cm³/mol. The van der Waals surface area contributed by atoms with Crippen molar-refractivity contribution in [2.24, 2.45) is 0 Å². The van der Waals surface area contributed by atoms with Crippen molar-refractivity contribution < 1.29 is 0 Å². The van der Waals surface area contributed by atoms with Crippen LogP contribution in [0.15, 0.2) is 146 Å². The normalized spacial score (nSPS) is 11.3. The zero-order valence-corrected chi connectivity index (χ0v) is 31.0. The molecule has 1 aromatic heterocycles. The molecule has 0 atom stereocenters. The Kier molecular flexibility index (Phi) is 8.45. The largest absolute Gasteiger partial charge is 0.310 e. The zero-order valence-electron chi connectivity index (χ0n) is 30.2. The standard InChI is InChI=1S/C48H42N2S/c1-31-11-23-44(34(4)27-31)49(41-22-26-48-43(30-41)42-9-7-8-10-47(42)51-48)39-18-14-37(15-19-39)38-16-20-40(21-17-38)50(45-24-12-32(2)28-35(45)5)46-25-13-33(3)29-36(46)6/h7-30H,1-6H3. The lowest BCUT2D eigenvalue weighted by Crippen LogP contribution is -2.13. The van der Waals surface area contributed by atoms with Gasteiger partial charge in [0.2, 0.25) is 0 Å². The first kappa shape index (κ1) is 32.6. The van der Waals surface area contributed by atoms with Crippen LogP contribution < -0.4 is 9.80 Å². The van der Waals surface area contributed by atoms with Gasteiger partial charge < -0.3 is 9.80 Å². The Morgan fingerprint density at radius 3 is 1.29 bits per heavy atom. The van der Waals surface area contributed by atoms with Crippen molar-refractivity contribution in [3.63, 3.8) is 0 Å². The van der Waals surface area contributed by atoms with E-state index in [1.165, 1.54) is 81.7 Å². The quantitative estimate of drug-likeness (QED) is 0.166. The molecule has 3 heteroatoms. The molecule has 0 spiro atoms. The van der Waals surface area contributed by atoms with Crippen LogP contribution in [0, 0.1) is 41.5 Å². The highest BCUT2D eigenvalue weighted by molar-refractivity contribution is 7.25. The van der Waals surface area contributed by atoms with Gasteiger partial charge in [-0.1, -0.05) is 95.6 Å². The Balaban J connectivity index is 1.17. The summed E-state index contributed by atoms with van der Waals surface area (Å²) in [5, 5.41) is 2.61. The van der Waals surface area contributed by atoms with E-state index in [-0.39, 0.29) is 0 Å². The van der Waals surface area contributed by atoms with Gasteiger partial charge in [-0.3, -0.25) is 0 Å². The third-order valence-electron chi connectivity index (χ3n) is 9.98. The van der Waals surface area contributed by atoms with Crippen LogP contribution in [0.4, 0.5) is 34.1 Å². The van der Waals surface area contributed by atoms with E-state index < -0.39 is 0 Å². The second-order valence-electron chi connectivity index (χ2n) is 13.9. The summed E-state index contributed by atoms with van der Waals surface area (Å²) in [5.74, 6) is 0. The summed E-state index contributed by atoms with van der Waals surface area (Å²) in [6, 6.07) is 53.8. The molecule has 0 saturated heterocycles. The summed E-state index contributed by atoms with van der Waals surface area (Å²) >= 11 is 1.86. The SMILES string of the molecule is Cc1ccc(N(c2ccc(-c3ccc(N(c4ccc(C)cc4C)c4ccc(C)cc4C)cc3)cc2)c2ccc3sc4ccccc4c3c2)c(C)c1. The van der Waals surface area contributed by atoms with Gasteiger partial charge in [0.1, 0.15) is 0 Å². The third-order valence-corrected chi connectivity index (χ3v) is 11.1. The second-order valence-corrected chi connectivity index (χ2v) is 15.0. The molecule has 0 aliphatic carbocycles. The summed E-state index contributed by atoms with van der Waals surface area (Å²) in [6.45, 7) is 13.1. The molecule has 0 aliphatic heterocycles. The summed E-state index contributed by atoms with van der Waals surface area (Å²) in [6.07, 6.45) is 0. The lowest BCUT2D eigenvalue weighted by Gasteiger charge is -2.29. The first-order valence-electron chi connectivity index (χ1n) is 17.7. The third kappa shape index (κ3) is 6.19. The minimum atomic E-state index is 1.14. The highest BCUT2D eigenvalue weighted by Crippen LogP contribution is 2.43. The Hall–Kier alpha value is -5.64. The Morgan fingerprint density at radius 1 is 0.353 bits per heavy atom. The van der Waals surface area contributed by atoms with Crippen molar-refractivity contribution in [2.45, 2.75) is 41.5 Å². The van der Waals surface area contributed by atoms with Gasteiger partial charge in [0.25, 0.3) is 0 Å². The van der Waals surface area contributed by atoms with Crippen LogP contribution in [0.25, 0.3) is 31.3 Å². The van der Waals surface area contributed by atoms with Gasteiger partial charge in [-0.25, -0.2) is 0 Å². The van der Waals surface area contributed by atoms with E-state index in [9.17, 15) is 0 Å². The first-order valence-corrected chi connectivity index (χ1v) is 18.5. The minimum Gasteiger partial charge on any atom is -0.310 e.